The van der Waals surface area contributed by atoms with Crippen molar-refractivity contribution < 1.29 is 23.5 Å². The average Bonchev–Trinajstić information content (AvgIpc) is 3.38. The zero-order chi connectivity index (χ0) is 22.0. The van der Waals surface area contributed by atoms with E-state index in [-0.39, 0.29) is 24.3 Å². The van der Waals surface area contributed by atoms with Crippen molar-refractivity contribution in [1.82, 2.24) is 30.3 Å². The molecule has 1 atom stereocenters. The summed E-state index contributed by atoms with van der Waals surface area (Å²) in [4.78, 5) is 11.6. The number of ether oxygens (including phenoxy) is 3. The Labute approximate surface area is 179 Å². The van der Waals surface area contributed by atoms with Crippen LogP contribution in [0.25, 0.3) is 17.1 Å². The summed E-state index contributed by atoms with van der Waals surface area (Å²) in [6, 6.07) is 3.59. The summed E-state index contributed by atoms with van der Waals surface area (Å²) in [5.74, 6) is 0.467. The Morgan fingerprint density at radius 1 is 1.29 bits per heavy atom. The van der Waals surface area contributed by atoms with Gasteiger partial charge in [-0.15, -0.1) is 5.10 Å². The topological polar surface area (TPSA) is 126 Å². The van der Waals surface area contributed by atoms with Crippen molar-refractivity contribution in [3.63, 3.8) is 0 Å². The van der Waals surface area contributed by atoms with Crippen LogP contribution in [0.1, 0.15) is 51.3 Å². The van der Waals surface area contributed by atoms with Crippen LogP contribution in [0.5, 0.6) is 6.01 Å². The second-order valence-corrected chi connectivity index (χ2v) is 8.34. The minimum atomic E-state index is -0.665. The Balaban J connectivity index is 1.65. The molecule has 1 aliphatic rings. The van der Waals surface area contributed by atoms with Gasteiger partial charge in [-0.1, -0.05) is 31.0 Å². The Morgan fingerprint density at radius 3 is 2.84 bits per heavy atom. The van der Waals surface area contributed by atoms with Gasteiger partial charge in [0.25, 0.3) is 0 Å². The smallest absolute Gasteiger partial charge is 0.373 e. The van der Waals surface area contributed by atoms with Crippen LogP contribution >= 0.6 is 0 Å². The van der Waals surface area contributed by atoms with Crippen LogP contribution < -0.4 is 10.1 Å². The molecule has 0 aliphatic carbocycles. The third-order valence-electron chi connectivity index (χ3n) is 4.91. The van der Waals surface area contributed by atoms with Gasteiger partial charge in [0.1, 0.15) is 11.4 Å². The molecule has 31 heavy (non-hydrogen) atoms. The summed E-state index contributed by atoms with van der Waals surface area (Å²) in [5.41, 5.74) is 2.26. The van der Waals surface area contributed by atoms with E-state index in [0.717, 1.165) is 24.8 Å². The molecule has 0 saturated carbocycles. The van der Waals surface area contributed by atoms with E-state index < -0.39 is 6.09 Å². The summed E-state index contributed by atoms with van der Waals surface area (Å²) in [6.45, 7) is 7.17. The zero-order valence-corrected chi connectivity index (χ0v) is 18.0. The quantitative estimate of drug-likeness (QED) is 0.650. The number of amides is 1. The Bertz CT molecular complexity index is 1060. The van der Waals surface area contributed by atoms with Crippen molar-refractivity contribution in [3.05, 3.63) is 23.4 Å². The van der Waals surface area contributed by atoms with Crippen LogP contribution in [0, 0.1) is 0 Å². The normalized spacial score (nSPS) is 17.1. The van der Waals surface area contributed by atoms with Crippen molar-refractivity contribution in [2.45, 2.75) is 58.3 Å². The molecule has 0 spiro atoms. The van der Waals surface area contributed by atoms with E-state index in [1.807, 2.05) is 6.07 Å². The van der Waals surface area contributed by atoms with Gasteiger partial charge in [-0.3, -0.25) is 0 Å². The number of aromatic nitrogens is 5. The lowest BCUT2D eigenvalue weighted by atomic mass is 9.85. The SMILES string of the molecule is CNC(=O)Oc1nnc2cc(C(C)(C)C)c(-c3cc(COC4CCCCO4)no3)nn12. The molecule has 0 bridgehead atoms. The number of fused-ring (bicyclic) bond motifs is 1. The molecule has 166 valence electrons. The van der Waals surface area contributed by atoms with E-state index in [9.17, 15) is 4.79 Å². The highest BCUT2D eigenvalue weighted by Crippen LogP contribution is 2.33. The van der Waals surface area contributed by atoms with Crippen molar-refractivity contribution in [2.75, 3.05) is 13.7 Å². The van der Waals surface area contributed by atoms with Crippen LogP contribution in [0.2, 0.25) is 0 Å². The molecule has 3 aromatic rings. The van der Waals surface area contributed by atoms with Gasteiger partial charge < -0.3 is 24.1 Å². The van der Waals surface area contributed by atoms with Gasteiger partial charge in [0, 0.05) is 19.7 Å². The second kappa shape index (κ2) is 8.60. The molecule has 4 rings (SSSR count). The average molecular weight is 430 g/mol. The monoisotopic (exact) mass is 430 g/mol. The molecule has 11 heteroatoms. The summed E-state index contributed by atoms with van der Waals surface area (Å²) in [5, 5.41) is 19.1. The summed E-state index contributed by atoms with van der Waals surface area (Å²) < 4.78 is 23.5. The van der Waals surface area contributed by atoms with Crippen molar-refractivity contribution >= 4 is 11.7 Å². The van der Waals surface area contributed by atoms with Crippen LogP contribution in [0.15, 0.2) is 16.7 Å². The lowest BCUT2D eigenvalue weighted by molar-refractivity contribution is -0.169. The maximum atomic E-state index is 11.6. The first-order valence-electron chi connectivity index (χ1n) is 10.2. The second-order valence-electron chi connectivity index (χ2n) is 8.34. The van der Waals surface area contributed by atoms with Crippen LogP contribution in [-0.2, 0) is 21.5 Å². The van der Waals surface area contributed by atoms with Crippen molar-refractivity contribution in [2.24, 2.45) is 0 Å². The van der Waals surface area contributed by atoms with Gasteiger partial charge in [-0.05, 0) is 36.3 Å². The third-order valence-corrected chi connectivity index (χ3v) is 4.91. The number of rotatable bonds is 5. The molecule has 4 heterocycles. The van der Waals surface area contributed by atoms with Gasteiger partial charge in [-0.25, -0.2) is 4.79 Å². The standard InChI is InChI=1S/C20H26N6O5/c1-20(2,3)13-10-15-22-23-18(30-19(27)21-4)26(15)24-17(13)14-9-12(25-31-14)11-29-16-7-5-6-8-28-16/h9-10,16H,5-8,11H2,1-4H3,(H,21,27). The number of nitrogens with one attached hydrogen (secondary N) is 1. The first-order chi connectivity index (χ1) is 14.8. The molecule has 1 fully saturated rings. The summed E-state index contributed by atoms with van der Waals surface area (Å²) in [6.07, 6.45) is 2.15. The van der Waals surface area contributed by atoms with Crippen LogP contribution in [0.3, 0.4) is 0 Å². The summed E-state index contributed by atoms with van der Waals surface area (Å²) in [7, 11) is 1.46. The highest BCUT2D eigenvalue weighted by atomic mass is 16.7. The van der Waals surface area contributed by atoms with Gasteiger partial charge in [-0.2, -0.15) is 9.61 Å². The maximum Gasteiger partial charge on any atom is 0.414 e. The number of carbonyl (C=O) groups excluding carboxylic acids is 1. The summed E-state index contributed by atoms with van der Waals surface area (Å²) >= 11 is 0. The minimum Gasteiger partial charge on any atom is -0.373 e. The molecule has 1 aliphatic heterocycles. The molecule has 3 aromatic heterocycles. The molecular formula is C20H26N6O5. The number of nitrogens with zero attached hydrogens (tertiary/aromatic N) is 5. The Kier molecular flexibility index (Phi) is 5.88. The van der Waals surface area contributed by atoms with Crippen molar-refractivity contribution in [1.29, 1.82) is 0 Å². The number of hydrogen-bond donors (Lipinski definition) is 1. The molecule has 0 radical (unpaired) electrons. The maximum absolute atomic E-state index is 11.6. The third kappa shape index (κ3) is 4.67. The lowest BCUT2D eigenvalue weighted by Gasteiger charge is -2.22. The predicted molar refractivity (Wildman–Crippen MR) is 108 cm³/mol. The molecule has 11 nitrogen and oxygen atoms in total. The van der Waals surface area contributed by atoms with E-state index in [1.165, 1.54) is 11.6 Å². The fourth-order valence-corrected chi connectivity index (χ4v) is 3.28. The van der Waals surface area contributed by atoms with Gasteiger partial charge in [0.2, 0.25) is 0 Å². The minimum absolute atomic E-state index is 0.0476. The van der Waals surface area contributed by atoms with E-state index >= 15 is 0 Å². The molecule has 1 N–H and O–H groups in total. The van der Waals surface area contributed by atoms with Gasteiger partial charge in [0.15, 0.2) is 17.7 Å². The lowest BCUT2D eigenvalue weighted by Crippen LogP contribution is -2.23. The molecule has 1 amide bonds. The predicted octanol–water partition coefficient (Wildman–Crippen LogP) is 2.84. The van der Waals surface area contributed by atoms with E-state index in [4.69, 9.17) is 18.7 Å². The van der Waals surface area contributed by atoms with Gasteiger partial charge in [0.05, 0.1) is 6.61 Å². The van der Waals surface area contributed by atoms with Gasteiger partial charge >= 0.3 is 12.1 Å². The molecule has 0 aromatic carbocycles. The highest BCUT2D eigenvalue weighted by molar-refractivity contribution is 5.69. The Morgan fingerprint density at radius 2 is 2.13 bits per heavy atom. The Hall–Kier alpha value is -3.05. The largest absolute Gasteiger partial charge is 0.414 e. The first-order valence-corrected chi connectivity index (χ1v) is 10.2. The van der Waals surface area contributed by atoms with Crippen LogP contribution in [-0.4, -0.2) is 51.0 Å². The number of hydrogen-bond acceptors (Lipinski definition) is 9. The molecule has 1 saturated heterocycles. The van der Waals surface area contributed by atoms with E-state index in [0.29, 0.717) is 29.4 Å². The van der Waals surface area contributed by atoms with E-state index in [1.54, 1.807) is 6.07 Å². The molecule has 1 unspecified atom stereocenters. The highest BCUT2D eigenvalue weighted by Gasteiger charge is 2.26. The van der Waals surface area contributed by atoms with E-state index in [2.05, 4.69) is 46.5 Å². The first kappa shape index (κ1) is 21.2. The zero-order valence-electron chi connectivity index (χ0n) is 18.0. The fraction of sp³-hybridized carbons (Fsp3) is 0.550. The molecular weight excluding hydrogens is 404 g/mol. The van der Waals surface area contributed by atoms with Crippen LogP contribution in [0.4, 0.5) is 4.79 Å². The fourth-order valence-electron chi connectivity index (χ4n) is 3.28. The van der Waals surface area contributed by atoms with Crippen molar-refractivity contribution in [3.8, 4) is 17.5 Å². The number of carbonyl (C=O) groups is 1.